The lowest BCUT2D eigenvalue weighted by molar-refractivity contribution is -0.142. The molecule has 0 radical (unpaired) electrons. The number of hydrogen-bond donors (Lipinski definition) is 0. The van der Waals surface area contributed by atoms with Gasteiger partial charge in [-0.05, 0) is 24.8 Å². The van der Waals surface area contributed by atoms with Crippen molar-refractivity contribution in [1.82, 2.24) is 0 Å². The molecule has 0 saturated heterocycles. The van der Waals surface area contributed by atoms with Crippen molar-refractivity contribution >= 4 is 5.97 Å². The molecule has 0 aromatic rings. The summed E-state index contributed by atoms with van der Waals surface area (Å²) in [4.78, 5) is 11.0. The molecule has 0 aromatic carbocycles. The van der Waals surface area contributed by atoms with Crippen LogP contribution in [-0.4, -0.2) is 12.6 Å². The van der Waals surface area contributed by atoms with E-state index in [2.05, 4.69) is 6.08 Å². The maximum Gasteiger partial charge on any atom is 0.306 e. The van der Waals surface area contributed by atoms with Crippen LogP contribution >= 0.6 is 0 Å². The molecule has 0 spiro atoms. The topological polar surface area (TPSA) is 26.3 Å². The Morgan fingerprint density at radius 2 is 2.46 bits per heavy atom. The summed E-state index contributed by atoms with van der Waals surface area (Å²) in [6, 6.07) is 0. The quantitative estimate of drug-likeness (QED) is 0.621. The van der Waals surface area contributed by atoms with Gasteiger partial charge in [0, 0.05) is 6.42 Å². The monoisotopic (exact) mass is 180 g/mol. The predicted molar refractivity (Wildman–Crippen MR) is 52.3 cm³/mol. The fourth-order valence-corrected chi connectivity index (χ4v) is 1.22. The lowest BCUT2D eigenvalue weighted by Crippen LogP contribution is -2.07. The van der Waals surface area contributed by atoms with E-state index in [0.29, 0.717) is 13.0 Å². The average Bonchev–Trinajstić information content (AvgIpc) is 2.17. The molecule has 0 amide bonds. The van der Waals surface area contributed by atoms with E-state index in [1.807, 2.05) is 19.1 Å². The van der Waals surface area contributed by atoms with Crippen molar-refractivity contribution < 1.29 is 9.53 Å². The summed E-state index contributed by atoms with van der Waals surface area (Å²) in [5.74, 6) is -0.0852. The smallest absolute Gasteiger partial charge is 0.306 e. The van der Waals surface area contributed by atoms with Gasteiger partial charge in [0.15, 0.2) is 0 Å². The van der Waals surface area contributed by atoms with Gasteiger partial charge in [-0.1, -0.05) is 25.2 Å². The van der Waals surface area contributed by atoms with Gasteiger partial charge in [0.1, 0.15) is 6.61 Å². The zero-order valence-electron chi connectivity index (χ0n) is 8.08. The second-order valence-corrected chi connectivity index (χ2v) is 3.20. The van der Waals surface area contributed by atoms with E-state index in [1.54, 1.807) is 0 Å². The normalized spacial score (nSPS) is 15.3. The summed E-state index contributed by atoms with van der Waals surface area (Å²) in [6.07, 6.45) is 9.65. The minimum absolute atomic E-state index is 0.0852. The first-order chi connectivity index (χ1) is 6.33. The number of ether oxygens (including phenoxy) is 1. The van der Waals surface area contributed by atoms with Gasteiger partial charge in [-0.25, -0.2) is 0 Å². The van der Waals surface area contributed by atoms with Gasteiger partial charge in [-0.3, -0.25) is 4.79 Å². The first-order valence-electron chi connectivity index (χ1n) is 4.83. The average molecular weight is 180 g/mol. The molecule has 0 unspecified atom stereocenters. The van der Waals surface area contributed by atoms with Crippen LogP contribution in [0, 0.1) is 0 Å². The Hall–Kier alpha value is -1.05. The highest BCUT2D eigenvalue weighted by molar-refractivity contribution is 5.69. The molecule has 0 aliphatic heterocycles. The van der Waals surface area contributed by atoms with Gasteiger partial charge in [0.05, 0.1) is 0 Å². The zero-order chi connectivity index (χ0) is 9.52. The van der Waals surface area contributed by atoms with Crippen LogP contribution in [0.25, 0.3) is 0 Å². The van der Waals surface area contributed by atoms with Gasteiger partial charge in [-0.2, -0.15) is 0 Å². The summed E-state index contributed by atoms with van der Waals surface area (Å²) in [6.45, 7) is 2.45. The third-order valence-corrected chi connectivity index (χ3v) is 1.97. The number of esters is 1. The van der Waals surface area contributed by atoms with Crippen molar-refractivity contribution in [3.63, 3.8) is 0 Å². The maximum absolute atomic E-state index is 11.0. The molecule has 2 heteroatoms. The highest BCUT2D eigenvalue weighted by Gasteiger charge is 2.04. The third kappa shape index (κ3) is 3.92. The second-order valence-electron chi connectivity index (χ2n) is 3.20. The van der Waals surface area contributed by atoms with Crippen molar-refractivity contribution in [3.05, 3.63) is 23.8 Å². The minimum Gasteiger partial charge on any atom is -0.461 e. The fourth-order valence-electron chi connectivity index (χ4n) is 1.22. The van der Waals surface area contributed by atoms with E-state index in [9.17, 15) is 4.79 Å². The number of allylic oxidation sites excluding steroid dienone is 3. The summed E-state index contributed by atoms with van der Waals surface area (Å²) in [7, 11) is 0. The standard InChI is InChI=1S/C11H16O2/c1-2-6-11(12)13-9-10-7-4-3-5-8-10/h3-4,7H,2,5-6,8-9H2,1H3. The Bertz CT molecular complexity index is 226. The molecular weight excluding hydrogens is 164 g/mol. The molecule has 0 atom stereocenters. The van der Waals surface area contributed by atoms with Gasteiger partial charge < -0.3 is 4.74 Å². The molecule has 0 fully saturated rings. The van der Waals surface area contributed by atoms with Crippen molar-refractivity contribution in [2.45, 2.75) is 32.6 Å². The summed E-state index contributed by atoms with van der Waals surface area (Å²) < 4.78 is 5.08. The maximum atomic E-state index is 11.0. The van der Waals surface area contributed by atoms with Crippen LogP contribution in [-0.2, 0) is 9.53 Å². The van der Waals surface area contributed by atoms with Gasteiger partial charge in [0.25, 0.3) is 0 Å². The summed E-state index contributed by atoms with van der Waals surface area (Å²) >= 11 is 0. The van der Waals surface area contributed by atoms with Crippen LogP contribution < -0.4 is 0 Å². The molecular formula is C11H16O2. The molecule has 1 aliphatic carbocycles. The van der Waals surface area contributed by atoms with E-state index >= 15 is 0 Å². The molecule has 0 aromatic heterocycles. The molecule has 0 bridgehead atoms. The van der Waals surface area contributed by atoms with Crippen LogP contribution in [0.3, 0.4) is 0 Å². The van der Waals surface area contributed by atoms with Gasteiger partial charge >= 0.3 is 5.97 Å². The number of carbonyl (C=O) groups excluding carboxylic acids is 1. The van der Waals surface area contributed by atoms with Crippen LogP contribution in [0.1, 0.15) is 32.6 Å². The van der Waals surface area contributed by atoms with E-state index in [0.717, 1.165) is 19.3 Å². The third-order valence-electron chi connectivity index (χ3n) is 1.97. The highest BCUT2D eigenvalue weighted by Crippen LogP contribution is 2.11. The van der Waals surface area contributed by atoms with Gasteiger partial charge in [-0.15, -0.1) is 0 Å². The molecule has 72 valence electrons. The number of hydrogen-bond acceptors (Lipinski definition) is 2. The van der Waals surface area contributed by atoms with Crippen LogP contribution in [0.5, 0.6) is 0 Å². The molecule has 0 N–H and O–H groups in total. The number of rotatable bonds is 4. The molecule has 0 heterocycles. The van der Waals surface area contributed by atoms with Crippen LogP contribution in [0.15, 0.2) is 23.8 Å². The molecule has 0 saturated carbocycles. The first-order valence-corrected chi connectivity index (χ1v) is 4.83. The summed E-state index contributed by atoms with van der Waals surface area (Å²) in [5, 5.41) is 0. The Morgan fingerprint density at radius 3 is 3.08 bits per heavy atom. The Morgan fingerprint density at radius 1 is 1.62 bits per heavy atom. The van der Waals surface area contributed by atoms with Crippen molar-refractivity contribution in [1.29, 1.82) is 0 Å². The fraction of sp³-hybridized carbons (Fsp3) is 0.545. The first kappa shape index (κ1) is 10.0. The Labute approximate surface area is 79.3 Å². The Kier molecular flexibility index (Phi) is 4.30. The van der Waals surface area contributed by atoms with Crippen molar-refractivity contribution in [2.75, 3.05) is 6.61 Å². The summed E-state index contributed by atoms with van der Waals surface area (Å²) in [5.41, 5.74) is 1.21. The van der Waals surface area contributed by atoms with Crippen LogP contribution in [0.2, 0.25) is 0 Å². The second kappa shape index (κ2) is 5.57. The zero-order valence-corrected chi connectivity index (χ0v) is 8.08. The predicted octanol–water partition coefficient (Wildman–Crippen LogP) is 2.61. The SMILES string of the molecule is CCCC(=O)OCC1=CC=CCC1. The van der Waals surface area contributed by atoms with Crippen LogP contribution in [0.4, 0.5) is 0 Å². The highest BCUT2D eigenvalue weighted by atomic mass is 16.5. The van der Waals surface area contributed by atoms with E-state index in [1.165, 1.54) is 5.57 Å². The molecule has 1 rings (SSSR count). The molecule has 2 nitrogen and oxygen atoms in total. The number of carbonyl (C=O) groups is 1. The lowest BCUT2D eigenvalue weighted by atomic mass is 10.1. The van der Waals surface area contributed by atoms with E-state index < -0.39 is 0 Å². The molecule has 13 heavy (non-hydrogen) atoms. The largest absolute Gasteiger partial charge is 0.461 e. The lowest BCUT2D eigenvalue weighted by Gasteiger charge is -2.09. The van der Waals surface area contributed by atoms with Gasteiger partial charge in [0.2, 0.25) is 0 Å². The van der Waals surface area contributed by atoms with Crippen molar-refractivity contribution in [2.24, 2.45) is 0 Å². The Balaban J connectivity index is 2.21. The minimum atomic E-state index is -0.0852. The van der Waals surface area contributed by atoms with E-state index in [4.69, 9.17) is 4.74 Å². The van der Waals surface area contributed by atoms with Crippen molar-refractivity contribution in [3.8, 4) is 0 Å². The molecule has 1 aliphatic rings. The van der Waals surface area contributed by atoms with E-state index in [-0.39, 0.29) is 5.97 Å².